The predicted molar refractivity (Wildman–Crippen MR) is 95.9 cm³/mol. The third kappa shape index (κ3) is 4.10. The van der Waals surface area contributed by atoms with Crippen LogP contribution < -0.4 is 10.6 Å². The van der Waals surface area contributed by atoms with Crippen LogP contribution in [-0.4, -0.2) is 16.1 Å². The summed E-state index contributed by atoms with van der Waals surface area (Å²) in [6, 6.07) is 14.5. The van der Waals surface area contributed by atoms with Gasteiger partial charge in [0.2, 0.25) is 0 Å². The molecule has 3 rings (SSSR count). The van der Waals surface area contributed by atoms with Crippen LogP contribution in [0.15, 0.2) is 54.6 Å². The zero-order valence-corrected chi connectivity index (χ0v) is 14.0. The highest BCUT2D eigenvalue weighted by Crippen LogP contribution is 2.22. The summed E-state index contributed by atoms with van der Waals surface area (Å²) in [6.07, 6.45) is 0. The topological polar surface area (TPSA) is 66.9 Å². The maximum Gasteiger partial charge on any atom is 0.259 e. The van der Waals surface area contributed by atoms with Crippen molar-refractivity contribution in [2.75, 3.05) is 10.6 Å². The fourth-order valence-electron chi connectivity index (χ4n) is 2.11. The molecule has 7 heteroatoms. The minimum Gasteiger partial charge on any atom is -0.339 e. The molecule has 1 aromatic heterocycles. The lowest BCUT2D eigenvalue weighted by Crippen LogP contribution is -2.15. The van der Waals surface area contributed by atoms with Crippen LogP contribution in [0.5, 0.6) is 0 Å². The molecule has 0 radical (unpaired) electrons. The molecule has 2 aromatic carbocycles. The van der Waals surface area contributed by atoms with Gasteiger partial charge in [-0.3, -0.25) is 4.79 Å². The fourth-order valence-corrected chi connectivity index (χ4v) is 2.29. The van der Waals surface area contributed by atoms with Crippen molar-refractivity contribution in [2.45, 2.75) is 6.92 Å². The summed E-state index contributed by atoms with van der Waals surface area (Å²) in [5.41, 5.74) is 1.69. The van der Waals surface area contributed by atoms with E-state index in [1.54, 1.807) is 24.3 Å². The zero-order chi connectivity index (χ0) is 17.8. The van der Waals surface area contributed by atoms with Crippen molar-refractivity contribution < 1.29 is 9.18 Å². The Bertz CT molecular complexity index is 915. The molecular weight excluding hydrogens is 343 g/mol. The number of hydrogen-bond acceptors (Lipinski definition) is 4. The number of anilines is 3. The number of carbonyl (C=O) groups excluding carboxylic acids is 1. The summed E-state index contributed by atoms with van der Waals surface area (Å²) in [6.45, 7) is 1.92. The van der Waals surface area contributed by atoms with Crippen molar-refractivity contribution in [1.82, 2.24) is 10.2 Å². The van der Waals surface area contributed by atoms with Crippen LogP contribution >= 0.6 is 11.6 Å². The third-order valence-corrected chi connectivity index (χ3v) is 3.88. The van der Waals surface area contributed by atoms with Crippen molar-refractivity contribution in [3.05, 3.63) is 76.6 Å². The molecule has 0 spiro atoms. The molecule has 0 aliphatic rings. The van der Waals surface area contributed by atoms with Crippen LogP contribution in [0.2, 0.25) is 5.02 Å². The Balaban J connectivity index is 1.69. The first kappa shape index (κ1) is 16.9. The summed E-state index contributed by atoms with van der Waals surface area (Å²) in [4.78, 5) is 12.0. The lowest BCUT2D eigenvalue weighted by atomic mass is 10.2. The molecule has 0 aliphatic heterocycles. The van der Waals surface area contributed by atoms with E-state index >= 15 is 0 Å². The van der Waals surface area contributed by atoms with Crippen molar-refractivity contribution >= 4 is 34.8 Å². The summed E-state index contributed by atoms with van der Waals surface area (Å²) in [7, 11) is 0. The summed E-state index contributed by atoms with van der Waals surface area (Å²) >= 11 is 6.08. The smallest absolute Gasteiger partial charge is 0.259 e. The number of rotatable bonds is 4. The minimum absolute atomic E-state index is 0.0548. The highest BCUT2D eigenvalue weighted by atomic mass is 35.5. The van der Waals surface area contributed by atoms with Crippen LogP contribution in [0.25, 0.3) is 0 Å². The van der Waals surface area contributed by atoms with Gasteiger partial charge in [-0.1, -0.05) is 29.8 Å². The van der Waals surface area contributed by atoms with Crippen LogP contribution in [0.1, 0.15) is 15.9 Å². The van der Waals surface area contributed by atoms with Crippen LogP contribution in [-0.2, 0) is 0 Å². The van der Waals surface area contributed by atoms with Crippen molar-refractivity contribution in [3.63, 3.8) is 0 Å². The van der Waals surface area contributed by atoms with E-state index < -0.39 is 11.7 Å². The average Bonchev–Trinajstić information content (AvgIpc) is 2.60. The maximum absolute atomic E-state index is 13.6. The average molecular weight is 357 g/mol. The Labute approximate surface area is 148 Å². The fraction of sp³-hybridized carbons (Fsp3) is 0.0556. The van der Waals surface area contributed by atoms with Crippen LogP contribution in [0.3, 0.4) is 0 Å². The number of aromatic nitrogens is 2. The van der Waals surface area contributed by atoms with Crippen LogP contribution in [0.4, 0.5) is 21.7 Å². The molecule has 126 valence electrons. The highest BCUT2D eigenvalue weighted by Gasteiger charge is 2.11. The molecule has 25 heavy (non-hydrogen) atoms. The van der Waals surface area contributed by atoms with E-state index in [0.717, 1.165) is 11.3 Å². The van der Waals surface area contributed by atoms with Gasteiger partial charge in [0, 0.05) is 10.7 Å². The predicted octanol–water partition coefficient (Wildman–Crippen LogP) is 4.57. The monoisotopic (exact) mass is 356 g/mol. The number of nitrogens with zero attached hydrogens (tertiary/aromatic N) is 2. The largest absolute Gasteiger partial charge is 0.339 e. The van der Waals surface area contributed by atoms with Gasteiger partial charge in [0.1, 0.15) is 5.82 Å². The second-order valence-electron chi connectivity index (χ2n) is 5.33. The van der Waals surface area contributed by atoms with E-state index in [0.29, 0.717) is 10.8 Å². The van der Waals surface area contributed by atoms with Crippen molar-refractivity contribution in [3.8, 4) is 0 Å². The standard InChI is InChI=1S/C18H14ClFN4O/c1-11-6-7-12(10-14(11)19)21-16-8-9-17(24-23-16)22-18(25)13-4-2-3-5-15(13)20/h2-10H,1H3,(H,21,23)(H,22,24,25). The van der Waals surface area contributed by atoms with Crippen molar-refractivity contribution in [2.24, 2.45) is 0 Å². The first-order chi connectivity index (χ1) is 12.0. The Kier molecular flexibility index (Phi) is 4.90. The van der Waals surface area contributed by atoms with Gasteiger partial charge < -0.3 is 10.6 Å². The number of amides is 1. The molecule has 3 aromatic rings. The van der Waals surface area contributed by atoms with Gasteiger partial charge in [0.25, 0.3) is 5.91 Å². The molecule has 0 unspecified atom stereocenters. The molecule has 0 aliphatic carbocycles. The first-order valence-corrected chi connectivity index (χ1v) is 7.83. The number of nitrogens with one attached hydrogen (secondary N) is 2. The molecular formula is C18H14ClFN4O. The van der Waals surface area contributed by atoms with E-state index in [-0.39, 0.29) is 11.4 Å². The Morgan fingerprint density at radius 2 is 1.76 bits per heavy atom. The molecule has 2 N–H and O–H groups in total. The van der Waals surface area contributed by atoms with E-state index in [2.05, 4.69) is 20.8 Å². The normalized spacial score (nSPS) is 10.4. The number of hydrogen-bond donors (Lipinski definition) is 2. The second-order valence-corrected chi connectivity index (χ2v) is 5.73. The lowest BCUT2D eigenvalue weighted by molar-refractivity contribution is 0.102. The van der Waals surface area contributed by atoms with Gasteiger partial charge >= 0.3 is 0 Å². The number of benzene rings is 2. The van der Waals surface area contributed by atoms with Gasteiger partial charge in [0.05, 0.1) is 5.56 Å². The number of halogens is 2. The number of aryl methyl sites for hydroxylation is 1. The third-order valence-electron chi connectivity index (χ3n) is 3.47. The first-order valence-electron chi connectivity index (χ1n) is 7.46. The van der Waals surface area contributed by atoms with Crippen molar-refractivity contribution in [1.29, 1.82) is 0 Å². The summed E-state index contributed by atoms with van der Waals surface area (Å²) in [5, 5.41) is 14.1. The quantitative estimate of drug-likeness (QED) is 0.718. The second kappa shape index (κ2) is 7.27. The maximum atomic E-state index is 13.6. The van der Waals surface area contributed by atoms with Gasteiger partial charge in [-0.25, -0.2) is 4.39 Å². The molecule has 0 fully saturated rings. The van der Waals surface area contributed by atoms with Gasteiger partial charge in [-0.15, -0.1) is 10.2 Å². The lowest BCUT2D eigenvalue weighted by Gasteiger charge is -2.08. The molecule has 1 amide bonds. The molecule has 0 saturated carbocycles. The molecule has 1 heterocycles. The Morgan fingerprint density at radius 3 is 2.44 bits per heavy atom. The minimum atomic E-state index is -0.595. The SMILES string of the molecule is Cc1ccc(Nc2ccc(NC(=O)c3ccccc3F)nn2)cc1Cl. The molecule has 5 nitrogen and oxygen atoms in total. The summed E-state index contributed by atoms with van der Waals surface area (Å²) < 4.78 is 13.6. The Morgan fingerprint density at radius 1 is 1.04 bits per heavy atom. The molecule has 0 saturated heterocycles. The van der Waals surface area contributed by atoms with Gasteiger partial charge in [-0.05, 0) is 48.9 Å². The molecule has 0 atom stereocenters. The zero-order valence-electron chi connectivity index (χ0n) is 13.3. The van der Waals surface area contributed by atoms with Gasteiger partial charge in [0.15, 0.2) is 11.6 Å². The van der Waals surface area contributed by atoms with Gasteiger partial charge in [-0.2, -0.15) is 0 Å². The van der Waals surface area contributed by atoms with E-state index in [9.17, 15) is 9.18 Å². The highest BCUT2D eigenvalue weighted by molar-refractivity contribution is 6.31. The number of carbonyl (C=O) groups is 1. The van der Waals surface area contributed by atoms with E-state index in [4.69, 9.17) is 11.6 Å². The molecule has 0 bridgehead atoms. The Hall–Kier alpha value is -2.99. The van der Waals surface area contributed by atoms with E-state index in [1.807, 2.05) is 19.1 Å². The van der Waals surface area contributed by atoms with E-state index in [1.165, 1.54) is 18.2 Å². The van der Waals surface area contributed by atoms with Crippen LogP contribution in [0, 0.1) is 12.7 Å². The summed E-state index contributed by atoms with van der Waals surface area (Å²) in [5.74, 6) is -0.467.